The Morgan fingerprint density at radius 1 is 1.45 bits per heavy atom. The Bertz CT molecular complexity index is 582. The van der Waals surface area contributed by atoms with Crippen molar-refractivity contribution in [3.63, 3.8) is 0 Å². The summed E-state index contributed by atoms with van der Waals surface area (Å²) in [6, 6.07) is 0.310. The summed E-state index contributed by atoms with van der Waals surface area (Å²) in [6.45, 7) is 2.90. The summed E-state index contributed by atoms with van der Waals surface area (Å²) in [7, 11) is 1.78. The van der Waals surface area contributed by atoms with Crippen LogP contribution in [0.2, 0.25) is 0 Å². The average Bonchev–Trinajstić information content (AvgIpc) is 3.07. The van der Waals surface area contributed by atoms with Crippen molar-refractivity contribution in [2.75, 3.05) is 24.3 Å². The minimum Gasteiger partial charge on any atom is -0.379 e. The first-order chi connectivity index (χ1) is 9.81. The zero-order valence-corrected chi connectivity index (χ0v) is 12.0. The third kappa shape index (κ3) is 2.43. The molecule has 0 aromatic carbocycles. The summed E-state index contributed by atoms with van der Waals surface area (Å²) in [5.41, 5.74) is 0.855. The fourth-order valence-corrected chi connectivity index (χ4v) is 2.84. The highest BCUT2D eigenvalue weighted by Crippen LogP contribution is 2.26. The second-order valence-electron chi connectivity index (χ2n) is 5.12. The number of rotatable bonds is 5. The summed E-state index contributed by atoms with van der Waals surface area (Å²) < 4.78 is 7.52. The highest BCUT2D eigenvalue weighted by molar-refractivity contribution is 5.65. The maximum atomic E-state index is 5.53. The van der Waals surface area contributed by atoms with Gasteiger partial charge in [-0.2, -0.15) is 0 Å². The summed E-state index contributed by atoms with van der Waals surface area (Å²) in [5.74, 6) is 1.68. The van der Waals surface area contributed by atoms with Gasteiger partial charge in [0.2, 0.25) is 0 Å². The molecule has 3 rings (SSSR count). The van der Waals surface area contributed by atoms with Gasteiger partial charge in [-0.1, -0.05) is 0 Å². The Balaban J connectivity index is 1.90. The number of anilines is 2. The molecule has 0 aliphatic heterocycles. The van der Waals surface area contributed by atoms with E-state index >= 15 is 0 Å². The van der Waals surface area contributed by atoms with Crippen LogP contribution in [0.3, 0.4) is 0 Å². The Morgan fingerprint density at radius 3 is 3.15 bits per heavy atom. The highest BCUT2D eigenvalue weighted by Gasteiger charge is 2.28. The van der Waals surface area contributed by atoms with Crippen molar-refractivity contribution in [1.82, 2.24) is 14.4 Å². The SMILES string of the molecule is CCNc1cn2ccnc2c(NC2CCCC2OC)n1. The molecule has 1 aliphatic carbocycles. The van der Waals surface area contributed by atoms with Gasteiger partial charge in [-0.3, -0.25) is 0 Å². The maximum absolute atomic E-state index is 5.53. The second-order valence-corrected chi connectivity index (χ2v) is 5.12. The molecule has 2 aromatic heterocycles. The molecular weight excluding hydrogens is 254 g/mol. The van der Waals surface area contributed by atoms with E-state index in [2.05, 4.69) is 27.5 Å². The van der Waals surface area contributed by atoms with Gasteiger partial charge in [0, 0.05) is 26.0 Å². The average molecular weight is 275 g/mol. The van der Waals surface area contributed by atoms with Crippen LogP contribution in [-0.4, -0.2) is 40.2 Å². The van der Waals surface area contributed by atoms with Crippen molar-refractivity contribution in [2.45, 2.75) is 38.3 Å². The zero-order chi connectivity index (χ0) is 13.9. The van der Waals surface area contributed by atoms with Gasteiger partial charge >= 0.3 is 0 Å². The molecule has 2 atom stereocenters. The number of imidazole rings is 1. The minimum atomic E-state index is 0.259. The molecule has 1 aliphatic rings. The molecule has 0 spiro atoms. The van der Waals surface area contributed by atoms with Gasteiger partial charge in [0.15, 0.2) is 11.5 Å². The van der Waals surface area contributed by atoms with Crippen LogP contribution >= 0.6 is 0 Å². The lowest BCUT2D eigenvalue weighted by Gasteiger charge is -2.20. The first-order valence-corrected chi connectivity index (χ1v) is 7.18. The molecule has 1 saturated carbocycles. The topological polar surface area (TPSA) is 63.5 Å². The lowest BCUT2D eigenvalue weighted by Crippen LogP contribution is -2.30. The zero-order valence-electron chi connectivity index (χ0n) is 12.0. The van der Waals surface area contributed by atoms with E-state index in [4.69, 9.17) is 4.74 Å². The summed E-state index contributed by atoms with van der Waals surface area (Å²) in [6.07, 6.45) is 9.35. The van der Waals surface area contributed by atoms with Crippen molar-refractivity contribution in [3.05, 3.63) is 18.6 Å². The van der Waals surface area contributed by atoms with E-state index in [1.165, 1.54) is 6.42 Å². The van der Waals surface area contributed by atoms with E-state index in [9.17, 15) is 0 Å². The third-order valence-electron chi connectivity index (χ3n) is 3.81. The van der Waals surface area contributed by atoms with Crippen molar-refractivity contribution < 1.29 is 4.74 Å². The monoisotopic (exact) mass is 275 g/mol. The van der Waals surface area contributed by atoms with Crippen molar-refractivity contribution in [2.24, 2.45) is 0 Å². The standard InChI is InChI=1S/C14H21N5O/c1-3-15-12-9-19-8-7-16-14(19)13(18-12)17-10-5-4-6-11(10)20-2/h7-11,15H,3-6H2,1-2H3,(H,17,18). The number of nitrogens with zero attached hydrogens (tertiary/aromatic N) is 3. The van der Waals surface area contributed by atoms with Crippen LogP contribution in [0.5, 0.6) is 0 Å². The molecule has 0 radical (unpaired) electrons. The molecule has 0 bridgehead atoms. The summed E-state index contributed by atoms with van der Waals surface area (Å²) >= 11 is 0. The molecule has 6 heteroatoms. The van der Waals surface area contributed by atoms with Crippen molar-refractivity contribution in [1.29, 1.82) is 0 Å². The Labute approximate surface area is 118 Å². The molecule has 108 valence electrons. The largest absolute Gasteiger partial charge is 0.379 e. The third-order valence-corrected chi connectivity index (χ3v) is 3.81. The summed E-state index contributed by atoms with van der Waals surface area (Å²) in [4.78, 5) is 9.02. The Morgan fingerprint density at radius 2 is 2.35 bits per heavy atom. The normalized spacial score (nSPS) is 22.3. The Kier molecular flexibility index (Phi) is 3.73. The van der Waals surface area contributed by atoms with Gasteiger partial charge in [-0.05, 0) is 26.2 Å². The molecule has 0 amide bonds. The van der Waals surface area contributed by atoms with E-state index in [1.54, 1.807) is 13.3 Å². The molecular formula is C14H21N5O. The van der Waals surface area contributed by atoms with E-state index in [1.807, 2.05) is 16.8 Å². The van der Waals surface area contributed by atoms with Gasteiger partial charge in [0.25, 0.3) is 0 Å². The van der Waals surface area contributed by atoms with E-state index in [0.29, 0.717) is 6.04 Å². The van der Waals surface area contributed by atoms with Crippen LogP contribution in [0.1, 0.15) is 26.2 Å². The van der Waals surface area contributed by atoms with Gasteiger partial charge in [-0.25, -0.2) is 9.97 Å². The first kappa shape index (κ1) is 13.2. The predicted octanol–water partition coefficient (Wildman–Crippen LogP) is 2.14. The van der Waals surface area contributed by atoms with E-state index < -0.39 is 0 Å². The number of ether oxygens (including phenoxy) is 1. The van der Waals surface area contributed by atoms with Crippen LogP contribution in [0.15, 0.2) is 18.6 Å². The number of aromatic nitrogens is 3. The predicted molar refractivity (Wildman–Crippen MR) is 79.2 cm³/mol. The second kappa shape index (κ2) is 5.66. The Hall–Kier alpha value is -1.82. The number of hydrogen-bond donors (Lipinski definition) is 2. The molecule has 1 fully saturated rings. The molecule has 6 nitrogen and oxygen atoms in total. The van der Waals surface area contributed by atoms with E-state index in [-0.39, 0.29) is 6.10 Å². The number of methoxy groups -OCH3 is 1. The van der Waals surface area contributed by atoms with Gasteiger partial charge in [0.05, 0.1) is 18.3 Å². The van der Waals surface area contributed by atoms with Crippen LogP contribution in [0, 0.1) is 0 Å². The summed E-state index contributed by atoms with van der Waals surface area (Å²) in [5, 5.41) is 6.76. The molecule has 2 unspecified atom stereocenters. The minimum absolute atomic E-state index is 0.259. The first-order valence-electron chi connectivity index (χ1n) is 7.18. The smallest absolute Gasteiger partial charge is 0.180 e. The molecule has 2 heterocycles. The van der Waals surface area contributed by atoms with Gasteiger partial charge in [0.1, 0.15) is 5.82 Å². The van der Waals surface area contributed by atoms with Crippen LogP contribution in [-0.2, 0) is 4.74 Å². The van der Waals surface area contributed by atoms with Crippen molar-refractivity contribution in [3.8, 4) is 0 Å². The fraction of sp³-hybridized carbons (Fsp3) is 0.571. The highest BCUT2D eigenvalue weighted by atomic mass is 16.5. The van der Waals surface area contributed by atoms with Crippen LogP contribution in [0.25, 0.3) is 5.65 Å². The maximum Gasteiger partial charge on any atom is 0.180 e. The number of nitrogens with one attached hydrogen (secondary N) is 2. The van der Waals surface area contributed by atoms with Gasteiger partial charge in [-0.15, -0.1) is 0 Å². The molecule has 2 aromatic rings. The lowest BCUT2D eigenvalue weighted by molar-refractivity contribution is 0.101. The molecule has 2 N–H and O–H groups in total. The number of hydrogen-bond acceptors (Lipinski definition) is 5. The molecule has 0 saturated heterocycles. The van der Waals surface area contributed by atoms with Crippen LogP contribution < -0.4 is 10.6 Å². The van der Waals surface area contributed by atoms with E-state index in [0.717, 1.165) is 36.7 Å². The quantitative estimate of drug-likeness (QED) is 0.875. The number of fused-ring (bicyclic) bond motifs is 1. The lowest BCUT2D eigenvalue weighted by atomic mass is 10.2. The molecule has 20 heavy (non-hydrogen) atoms. The van der Waals surface area contributed by atoms with Crippen LogP contribution in [0.4, 0.5) is 11.6 Å². The fourth-order valence-electron chi connectivity index (χ4n) is 2.84. The van der Waals surface area contributed by atoms with Crippen molar-refractivity contribution >= 4 is 17.3 Å². The van der Waals surface area contributed by atoms with Gasteiger partial charge < -0.3 is 19.8 Å².